The standard InChI is InChI=1S/C16H16BrNO2/c17-13-3-4-14(18-10-13)15(19)5-1-11-2-6-16-12(9-11)7-8-20-16/h2-4,6,9-10,15,19H,1,5,7-8H2. The second-order valence-corrected chi connectivity index (χ2v) is 5.91. The second-order valence-electron chi connectivity index (χ2n) is 5.00. The molecule has 1 N–H and O–H groups in total. The average Bonchev–Trinajstić information content (AvgIpc) is 2.93. The van der Waals surface area contributed by atoms with Gasteiger partial charge in [0.15, 0.2) is 0 Å². The number of nitrogens with zero attached hydrogens (tertiary/aromatic N) is 1. The Morgan fingerprint density at radius 3 is 3.00 bits per heavy atom. The van der Waals surface area contributed by atoms with Gasteiger partial charge in [-0.05, 0) is 58.1 Å². The molecule has 1 unspecified atom stereocenters. The summed E-state index contributed by atoms with van der Waals surface area (Å²) < 4.78 is 6.42. The Morgan fingerprint density at radius 2 is 2.20 bits per heavy atom. The predicted molar refractivity (Wildman–Crippen MR) is 80.9 cm³/mol. The summed E-state index contributed by atoms with van der Waals surface area (Å²) in [4.78, 5) is 4.23. The van der Waals surface area contributed by atoms with E-state index in [9.17, 15) is 5.11 Å². The van der Waals surface area contributed by atoms with Gasteiger partial charge in [-0.3, -0.25) is 4.98 Å². The second kappa shape index (κ2) is 5.94. The number of halogens is 1. The summed E-state index contributed by atoms with van der Waals surface area (Å²) in [5, 5.41) is 10.2. The first kappa shape index (κ1) is 13.6. The Labute approximate surface area is 126 Å². The molecule has 0 fully saturated rings. The summed E-state index contributed by atoms with van der Waals surface area (Å²) in [6.45, 7) is 0.782. The smallest absolute Gasteiger partial charge is 0.122 e. The maximum Gasteiger partial charge on any atom is 0.122 e. The van der Waals surface area contributed by atoms with Crippen LogP contribution >= 0.6 is 15.9 Å². The Balaban J connectivity index is 1.63. The minimum Gasteiger partial charge on any atom is -0.493 e. The summed E-state index contributed by atoms with van der Waals surface area (Å²) in [6, 6.07) is 10.0. The first-order valence-corrected chi connectivity index (χ1v) is 7.56. The zero-order chi connectivity index (χ0) is 13.9. The van der Waals surface area contributed by atoms with E-state index in [-0.39, 0.29) is 0 Å². The molecule has 0 saturated carbocycles. The van der Waals surface area contributed by atoms with Crippen molar-refractivity contribution in [1.82, 2.24) is 4.98 Å². The lowest BCUT2D eigenvalue weighted by atomic mass is 10.0. The number of rotatable bonds is 4. The molecule has 1 atom stereocenters. The number of pyridine rings is 1. The van der Waals surface area contributed by atoms with E-state index in [4.69, 9.17) is 4.74 Å². The van der Waals surface area contributed by atoms with Crippen molar-refractivity contribution >= 4 is 15.9 Å². The van der Waals surface area contributed by atoms with Crippen LogP contribution in [0.3, 0.4) is 0 Å². The molecule has 0 aliphatic carbocycles. The number of fused-ring (bicyclic) bond motifs is 1. The highest BCUT2D eigenvalue weighted by atomic mass is 79.9. The van der Waals surface area contributed by atoms with Crippen LogP contribution in [0.4, 0.5) is 0 Å². The van der Waals surface area contributed by atoms with Gasteiger partial charge in [0, 0.05) is 17.1 Å². The predicted octanol–water partition coefficient (Wildman–Crippen LogP) is 3.45. The van der Waals surface area contributed by atoms with Gasteiger partial charge in [0.25, 0.3) is 0 Å². The molecule has 1 aliphatic rings. The van der Waals surface area contributed by atoms with Crippen LogP contribution in [-0.2, 0) is 12.8 Å². The SMILES string of the molecule is OC(CCc1ccc2c(c1)CCO2)c1ccc(Br)cn1. The van der Waals surface area contributed by atoms with Gasteiger partial charge in [-0.25, -0.2) is 0 Å². The van der Waals surface area contributed by atoms with Gasteiger partial charge in [-0.1, -0.05) is 12.1 Å². The number of aliphatic hydroxyl groups is 1. The van der Waals surface area contributed by atoms with Crippen LogP contribution in [0.5, 0.6) is 5.75 Å². The summed E-state index contributed by atoms with van der Waals surface area (Å²) in [6.07, 6.45) is 3.69. The maximum atomic E-state index is 10.2. The highest BCUT2D eigenvalue weighted by molar-refractivity contribution is 9.10. The van der Waals surface area contributed by atoms with Gasteiger partial charge in [-0.15, -0.1) is 0 Å². The third-order valence-corrected chi connectivity index (χ3v) is 4.02. The number of hydrogen-bond donors (Lipinski definition) is 1. The molecule has 0 amide bonds. The summed E-state index contributed by atoms with van der Waals surface area (Å²) in [5.74, 6) is 1.00. The minimum atomic E-state index is -0.521. The number of benzene rings is 1. The van der Waals surface area contributed by atoms with Gasteiger partial charge in [0.1, 0.15) is 5.75 Å². The first-order chi connectivity index (χ1) is 9.72. The fourth-order valence-electron chi connectivity index (χ4n) is 2.43. The van der Waals surface area contributed by atoms with Crippen molar-refractivity contribution in [2.45, 2.75) is 25.4 Å². The van der Waals surface area contributed by atoms with Crippen molar-refractivity contribution in [2.75, 3.05) is 6.61 Å². The molecule has 3 nitrogen and oxygen atoms in total. The molecule has 2 heterocycles. The topological polar surface area (TPSA) is 42.4 Å². The Morgan fingerprint density at radius 1 is 1.30 bits per heavy atom. The third-order valence-electron chi connectivity index (χ3n) is 3.55. The normalized spacial score (nSPS) is 14.7. The molecule has 1 aliphatic heterocycles. The molecule has 0 spiro atoms. The molecular formula is C16H16BrNO2. The van der Waals surface area contributed by atoms with Gasteiger partial charge >= 0.3 is 0 Å². The zero-order valence-electron chi connectivity index (χ0n) is 11.1. The number of ether oxygens (including phenoxy) is 1. The van der Waals surface area contributed by atoms with Gasteiger partial charge in [-0.2, -0.15) is 0 Å². The van der Waals surface area contributed by atoms with E-state index < -0.39 is 6.10 Å². The molecule has 20 heavy (non-hydrogen) atoms. The Bertz CT molecular complexity index is 598. The van der Waals surface area contributed by atoms with E-state index >= 15 is 0 Å². The molecule has 0 bridgehead atoms. The highest BCUT2D eigenvalue weighted by Crippen LogP contribution is 2.27. The Kier molecular flexibility index (Phi) is 4.03. The average molecular weight is 334 g/mol. The zero-order valence-corrected chi connectivity index (χ0v) is 12.6. The monoisotopic (exact) mass is 333 g/mol. The minimum absolute atomic E-state index is 0.521. The molecule has 0 radical (unpaired) electrons. The fraction of sp³-hybridized carbons (Fsp3) is 0.312. The molecule has 2 aromatic rings. The van der Waals surface area contributed by atoms with Crippen molar-refractivity contribution in [2.24, 2.45) is 0 Å². The lowest BCUT2D eigenvalue weighted by Gasteiger charge is -2.10. The van der Waals surface area contributed by atoms with Crippen LogP contribution in [0.1, 0.15) is 29.3 Å². The van der Waals surface area contributed by atoms with E-state index in [0.717, 1.165) is 35.4 Å². The molecule has 0 saturated heterocycles. The van der Waals surface area contributed by atoms with Crippen molar-refractivity contribution in [3.8, 4) is 5.75 Å². The fourth-order valence-corrected chi connectivity index (χ4v) is 2.67. The largest absolute Gasteiger partial charge is 0.493 e. The van der Waals surface area contributed by atoms with E-state index in [0.29, 0.717) is 6.42 Å². The summed E-state index contributed by atoms with van der Waals surface area (Å²) in [5.41, 5.74) is 3.24. The lowest BCUT2D eigenvalue weighted by Crippen LogP contribution is -2.02. The van der Waals surface area contributed by atoms with Gasteiger partial charge in [0.05, 0.1) is 18.4 Å². The maximum absolute atomic E-state index is 10.2. The molecular weight excluding hydrogens is 318 g/mol. The van der Waals surface area contributed by atoms with Crippen molar-refractivity contribution in [3.05, 3.63) is 57.8 Å². The Hall–Kier alpha value is -1.39. The quantitative estimate of drug-likeness (QED) is 0.931. The van der Waals surface area contributed by atoms with Crippen LogP contribution < -0.4 is 4.74 Å². The molecule has 1 aromatic carbocycles. The summed E-state index contributed by atoms with van der Waals surface area (Å²) >= 11 is 3.34. The molecule has 1 aromatic heterocycles. The lowest BCUT2D eigenvalue weighted by molar-refractivity contribution is 0.163. The van der Waals surface area contributed by atoms with Gasteiger partial charge in [0.2, 0.25) is 0 Å². The van der Waals surface area contributed by atoms with Crippen molar-refractivity contribution in [3.63, 3.8) is 0 Å². The van der Waals surface area contributed by atoms with E-state index in [1.165, 1.54) is 11.1 Å². The first-order valence-electron chi connectivity index (χ1n) is 6.76. The van der Waals surface area contributed by atoms with Crippen molar-refractivity contribution < 1.29 is 9.84 Å². The number of hydrogen-bond acceptors (Lipinski definition) is 3. The molecule has 4 heteroatoms. The van der Waals surface area contributed by atoms with Crippen LogP contribution in [0.15, 0.2) is 41.0 Å². The van der Waals surface area contributed by atoms with E-state index in [2.05, 4.69) is 33.0 Å². The summed E-state index contributed by atoms with van der Waals surface area (Å²) in [7, 11) is 0. The number of aliphatic hydroxyl groups excluding tert-OH is 1. The van der Waals surface area contributed by atoms with E-state index in [1.807, 2.05) is 18.2 Å². The van der Waals surface area contributed by atoms with Gasteiger partial charge < -0.3 is 9.84 Å². The highest BCUT2D eigenvalue weighted by Gasteiger charge is 2.13. The van der Waals surface area contributed by atoms with Crippen molar-refractivity contribution in [1.29, 1.82) is 0 Å². The molecule has 104 valence electrons. The number of aromatic nitrogens is 1. The van der Waals surface area contributed by atoms with Crippen LogP contribution in [0, 0.1) is 0 Å². The van der Waals surface area contributed by atoms with Crippen LogP contribution in [-0.4, -0.2) is 16.7 Å². The van der Waals surface area contributed by atoms with Crippen LogP contribution in [0.2, 0.25) is 0 Å². The molecule has 3 rings (SSSR count). The number of aryl methyl sites for hydroxylation is 1. The third kappa shape index (κ3) is 3.02. The van der Waals surface area contributed by atoms with Crippen LogP contribution in [0.25, 0.3) is 0 Å². The van der Waals surface area contributed by atoms with E-state index in [1.54, 1.807) is 6.20 Å².